The van der Waals surface area contributed by atoms with Crippen molar-refractivity contribution in [2.45, 2.75) is 25.3 Å². The smallest absolute Gasteiger partial charge is 0.326 e. The van der Waals surface area contributed by atoms with Crippen LogP contribution in [-0.2, 0) is 9.59 Å². The molecule has 0 saturated heterocycles. The van der Waals surface area contributed by atoms with Crippen molar-refractivity contribution in [1.29, 1.82) is 0 Å². The number of carboxylic acid groups (broad SMARTS) is 1. The van der Waals surface area contributed by atoms with Crippen LogP contribution in [0, 0.1) is 0 Å². The summed E-state index contributed by atoms with van der Waals surface area (Å²) in [5.74, 6) is -1.41. The first-order chi connectivity index (χ1) is 8.50. The number of hydrogen-bond donors (Lipinski definition) is 4. The van der Waals surface area contributed by atoms with Crippen molar-refractivity contribution in [3.05, 3.63) is 11.1 Å². The fraction of sp³-hybridized carbons (Fsp3) is 0.500. The number of aromatic nitrogens is 1. The van der Waals surface area contributed by atoms with Gasteiger partial charge in [0.05, 0.1) is 5.69 Å². The highest BCUT2D eigenvalue weighted by Gasteiger charge is 2.17. The van der Waals surface area contributed by atoms with Gasteiger partial charge < -0.3 is 21.9 Å². The molecule has 0 radical (unpaired) electrons. The zero-order valence-electron chi connectivity index (χ0n) is 9.76. The minimum absolute atomic E-state index is 0.307. The fourth-order valence-electron chi connectivity index (χ4n) is 1.26. The van der Waals surface area contributed by atoms with Gasteiger partial charge in [-0.25, -0.2) is 4.98 Å². The lowest BCUT2D eigenvalue weighted by Gasteiger charge is -2.02. The van der Waals surface area contributed by atoms with Crippen LogP contribution >= 0.6 is 11.3 Å². The summed E-state index contributed by atoms with van der Waals surface area (Å²) in [7, 11) is 0. The van der Waals surface area contributed by atoms with Gasteiger partial charge in [-0.3, -0.25) is 9.59 Å². The molecule has 0 saturated carbocycles. The van der Waals surface area contributed by atoms with E-state index in [2.05, 4.69) is 10.3 Å². The third-order valence-corrected chi connectivity index (χ3v) is 3.05. The number of carboxylic acids is 1. The van der Waals surface area contributed by atoms with Crippen LogP contribution in [0.1, 0.15) is 31.0 Å². The zero-order chi connectivity index (χ0) is 13.5. The lowest BCUT2D eigenvalue weighted by Crippen LogP contribution is -2.20. The van der Waals surface area contributed by atoms with Crippen LogP contribution in [0.15, 0.2) is 5.38 Å². The van der Waals surface area contributed by atoms with Gasteiger partial charge >= 0.3 is 5.97 Å². The highest BCUT2D eigenvalue weighted by molar-refractivity contribution is 7.13. The highest BCUT2D eigenvalue weighted by atomic mass is 32.1. The number of thiazole rings is 1. The molecule has 100 valence electrons. The number of amides is 1. The van der Waals surface area contributed by atoms with Crippen molar-refractivity contribution < 1.29 is 14.7 Å². The molecule has 0 spiro atoms. The van der Waals surface area contributed by atoms with E-state index < -0.39 is 12.0 Å². The number of anilines is 1. The number of nitrogens with one attached hydrogen (secondary N) is 1. The van der Waals surface area contributed by atoms with Crippen molar-refractivity contribution in [2.24, 2.45) is 11.5 Å². The standard InChI is InChI=1S/C10H16N4O3S/c11-7(15)3-1-2-4-13-10-14-6(5-18-10)8(12)9(16)17/h5,8H,1-4,12H2,(H2,11,15)(H,13,14)(H,16,17). The molecule has 0 aliphatic carbocycles. The van der Waals surface area contributed by atoms with E-state index in [1.54, 1.807) is 5.38 Å². The van der Waals surface area contributed by atoms with Crippen LogP contribution in [0.3, 0.4) is 0 Å². The highest BCUT2D eigenvalue weighted by Crippen LogP contribution is 2.19. The summed E-state index contributed by atoms with van der Waals surface area (Å²) < 4.78 is 0. The second-order valence-electron chi connectivity index (χ2n) is 3.74. The fourth-order valence-corrected chi connectivity index (χ4v) is 2.03. The van der Waals surface area contributed by atoms with Gasteiger partial charge in [-0.15, -0.1) is 11.3 Å². The minimum atomic E-state index is -1.10. The Labute approximate surface area is 108 Å². The Hall–Kier alpha value is -1.67. The molecule has 1 unspecified atom stereocenters. The number of nitrogens with zero attached hydrogens (tertiary/aromatic N) is 1. The second kappa shape index (κ2) is 6.92. The number of nitrogens with two attached hydrogens (primary N) is 2. The van der Waals surface area contributed by atoms with E-state index in [-0.39, 0.29) is 5.91 Å². The van der Waals surface area contributed by atoms with Crippen LogP contribution < -0.4 is 16.8 Å². The SMILES string of the molecule is NC(=O)CCCCNc1nc(C(N)C(=O)O)cs1. The summed E-state index contributed by atoms with van der Waals surface area (Å²) in [4.78, 5) is 25.2. The first-order valence-electron chi connectivity index (χ1n) is 5.46. The normalized spacial score (nSPS) is 12.1. The summed E-state index contributed by atoms with van der Waals surface area (Å²) in [5, 5.41) is 14.0. The lowest BCUT2D eigenvalue weighted by atomic mass is 10.2. The Bertz CT molecular complexity index is 421. The van der Waals surface area contributed by atoms with Crippen molar-refractivity contribution in [1.82, 2.24) is 4.98 Å². The van der Waals surface area contributed by atoms with E-state index in [9.17, 15) is 9.59 Å². The predicted molar refractivity (Wildman–Crippen MR) is 68.2 cm³/mol. The molecule has 18 heavy (non-hydrogen) atoms. The number of rotatable bonds is 8. The van der Waals surface area contributed by atoms with E-state index in [0.717, 1.165) is 12.8 Å². The van der Waals surface area contributed by atoms with Crippen molar-refractivity contribution >= 4 is 28.3 Å². The molecule has 1 aromatic heterocycles. The average molecular weight is 272 g/mol. The molecule has 6 N–H and O–H groups in total. The maximum atomic E-state index is 10.6. The summed E-state index contributed by atoms with van der Waals surface area (Å²) in [6.45, 7) is 0.655. The summed E-state index contributed by atoms with van der Waals surface area (Å²) in [6, 6.07) is -1.09. The molecule has 0 fully saturated rings. The molecule has 1 heterocycles. The number of unbranched alkanes of at least 4 members (excludes halogenated alkanes) is 1. The minimum Gasteiger partial charge on any atom is -0.480 e. The van der Waals surface area contributed by atoms with E-state index >= 15 is 0 Å². The number of carbonyl (C=O) groups is 2. The molecule has 7 nitrogen and oxygen atoms in total. The van der Waals surface area contributed by atoms with Gasteiger partial charge in [0.1, 0.15) is 6.04 Å². The average Bonchev–Trinajstić information content (AvgIpc) is 2.75. The van der Waals surface area contributed by atoms with E-state index in [4.69, 9.17) is 16.6 Å². The maximum Gasteiger partial charge on any atom is 0.326 e. The Morgan fingerprint density at radius 3 is 2.83 bits per heavy atom. The summed E-state index contributed by atoms with van der Waals surface area (Å²) >= 11 is 1.30. The van der Waals surface area contributed by atoms with Gasteiger partial charge in [0.15, 0.2) is 5.13 Å². The number of carbonyl (C=O) groups excluding carboxylic acids is 1. The van der Waals surface area contributed by atoms with Crippen LogP contribution in [-0.4, -0.2) is 28.5 Å². The van der Waals surface area contributed by atoms with Crippen LogP contribution in [0.5, 0.6) is 0 Å². The molecule has 1 amide bonds. The van der Waals surface area contributed by atoms with Gasteiger partial charge in [-0.2, -0.15) is 0 Å². The molecule has 1 rings (SSSR count). The van der Waals surface area contributed by atoms with E-state index in [0.29, 0.717) is 23.8 Å². The van der Waals surface area contributed by atoms with Gasteiger partial charge in [0.2, 0.25) is 5.91 Å². The monoisotopic (exact) mass is 272 g/mol. The molecule has 0 aromatic carbocycles. The van der Waals surface area contributed by atoms with Gasteiger partial charge in [0.25, 0.3) is 0 Å². The largest absolute Gasteiger partial charge is 0.480 e. The van der Waals surface area contributed by atoms with Crippen LogP contribution in [0.2, 0.25) is 0 Å². The summed E-state index contributed by atoms with van der Waals surface area (Å²) in [5.41, 5.74) is 10.8. The molecule has 0 aliphatic rings. The third kappa shape index (κ3) is 4.68. The first kappa shape index (κ1) is 14.4. The molecule has 8 heteroatoms. The van der Waals surface area contributed by atoms with Crippen molar-refractivity contribution in [2.75, 3.05) is 11.9 Å². The Morgan fingerprint density at radius 1 is 1.50 bits per heavy atom. The Morgan fingerprint density at radius 2 is 2.22 bits per heavy atom. The second-order valence-corrected chi connectivity index (χ2v) is 4.60. The van der Waals surface area contributed by atoms with Gasteiger partial charge in [-0.1, -0.05) is 0 Å². The molecular formula is C10H16N4O3S. The number of hydrogen-bond acceptors (Lipinski definition) is 6. The Kier molecular flexibility index (Phi) is 5.53. The van der Waals surface area contributed by atoms with Crippen LogP contribution in [0.4, 0.5) is 5.13 Å². The topological polar surface area (TPSA) is 131 Å². The summed E-state index contributed by atoms with van der Waals surface area (Å²) in [6.07, 6.45) is 1.88. The first-order valence-corrected chi connectivity index (χ1v) is 6.34. The molecule has 0 aliphatic heterocycles. The quantitative estimate of drug-likeness (QED) is 0.503. The zero-order valence-corrected chi connectivity index (χ0v) is 10.6. The van der Waals surface area contributed by atoms with Gasteiger partial charge in [0, 0.05) is 18.3 Å². The maximum absolute atomic E-state index is 10.6. The van der Waals surface area contributed by atoms with E-state index in [1.165, 1.54) is 11.3 Å². The Balaban J connectivity index is 2.31. The third-order valence-electron chi connectivity index (χ3n) is 2.23. The molecule has 1 aromatic rings. The molecular weight excluding hydrogens is 256 g/mol. The molecule has 1 atom stereocenters. The predicted octanol–water partition coefficient (Wildman–Crippen LogP) is 0.295. The van der Waals surface area contributed by atoms with E-state index in [1.807, 2.05) is 0 Å². The van der Waals surface area contributed by atoms with Crippen LogP contribution in [0.25, 0.3) is 0 Å². The van der Waals surface area contributed by atoms with Crippen molar-refractivity contribution in [3.63, 3.8) is 0 Å². The van der Waals surface area contributed by atoms with Crippen molar-refractivity contribution in [3.8, 4) is 0 Å². The van der Waals surface area contributed by atoms with Gasteiger partial charge in [-0.05, 0) is 12.8 Å². The number of primary amides is 1. The number of aliphatic carboxylic acids is 1. The lowest BCUT2D eigenvalue weighted by molar-refractivity contribution is -0.138. The molecule has 0 bridgehead atoms.